The number of hydrogen-bond acceptors (Lipinski definition) is 5. The van der Waals surface area contributed by atoms with E-state index in [4.69, 9.17) is 0 Å². The van der Waals surface area contributed by atoms with Gasteiger partial charge in [0.05, 0.1) is 15.5 Å². The SMILES string of the molecule is CCN(CC)S(=O)(=O)c1ccc(NC(=O)c2ccc(N(C)S(=O)(=O)c3ccc(C)cc3)cc2)cc1. The molecule has 0 aliphatic rings. The zero-order valence-electron chi connectivity index (χ0n) is 20.1. The van der Waals surface area contributed by atoms with Crippen LogP contribution < -0.4 is 9.62 Å². The number of nitrogens with zero attached hydrogens (tertiary/aromatic N) is 2. The van der Waals surface area contributed by atoms with Gasteiger partial charge in [0.2, 0.25) is 10.0 Å². The summed E-state index contributed by atoms with van der Waals surface area (Å²) >= 11 is 0. The number of rotatable bonds is 9. The lowest BCUT2D eigenvalue weighted by Gasteiger charge is -2.20. The Kier molecular flexibility index (Phi) is 7.99. The molecular formula is C25H29N3O5S2. The summed E-state index contributed by atoms with van der Waals surface area (Å²) < 4.78 is 53.5. The number of carbonyl (C=O) groups excluding carboxylic acids is 1. The van der Waals surface area contributed by atoms with E-state index in [0.717, 1.165) is 9.87 Å². The molecule has 0 atom stereocenters. The van der Waals surface area contributed by atoms with E-state index in [0.29, 0.717) is 30.0 Å². The van der Waals surface area contributed by atoms with Gasteiger partial charge in [-0.15, -0.1) is 0 Å². The Morgan fingerprint density at radius 2 is 1.23 bits per heavy atom. The highest BCUT2D eigenvalue weighted by Gasteiger charge is 2.22. The zero-order chi connectivity index (χ0) is 25.8. The lowest BCUT2D eigenvalue weighted by molar-refractivity contribution is 0.102. The number of amides is 1. The number of benzene rings is 3. The van der Waals surface area contributed by atoms with Crippen LogP contribution in [0.2, 0.25) is 0 Å². The molecule has 10 heteroatoms. The molecule has 0 aromatic heterocycles. The summed E-state index contributed by atoms with van der Waals surface area (Å²) in [6.07, 6.45) is 0. The Morgan fingerprint density at radius 3 is 1.74 bits per heavy atom. The monoisotopic (exact) mass is 515 g/mol. The van der Waals surface area contributed by atoms with Crippen LogP contribution in [0.4, 0.5) is 11.4 Å². The van der Waals surface area contributed by atoms with Crippen LogP contribution in [0.3, 0.4) is 0 Å². The van der Waals surface area contributed by atoms with Crippen molar-refractivity contribution in [2.45, 2.75) is 30.6 Å². The second-order valence-electron chi connectivity index (χ2n) is 7.90. The van der Waals surface area contributed by atoms with Gasteiger partial charge in [-0.2, -0.15) is 4.31 Å². The van der Waals surface area contributed by atoms with Crippen molar-refractivity contribution in [3.63, 3.8) is 0 Å². The molecule has 0 fully saturated rings. The molecular weight excluding hydrogens is 486 g/mol. The van der Waals surface area contributed by atoms with Crippen molar-refractivity contribution in [1.29, 1.82) is 0 Å². The fourth-order valence-electron chi connectivity index (χ4n) is 3.46. The minimum Gasteiger partial charge on any atom is -0.322 e. The molecule has 0 aliphatic heterocycles. The van der Waals surface area contributed by atoms with Gasteiger partial charge in [-0.1, -0.05) is 31.5 Å². The summed E-state index contributed by atoms with van der Waals surface area (Å²) in [5.41, 5.74) is 2.14. The maximum Gasteiger partial charge on any atom is 0.264 e. The average Bonchev–Trinajstić information content (AvgIpc) is 2.85. The molecule has 3 aromatic carbocycles. The fraction of sp³-hybridized carbons (Fsp3) is 0.240. The third-order valence-electron chi connectivity index (χ3n) is 5.63. The van der Waals surface area contributed by atoms with Gasteiger partial charge in [-0.25, -0.2) is 16.8 Å². The molecule has 0 unspecified atom stereocenters. The van der Waals surface area contributed by atoms with E-state index in [2.05, 4.69) is 5.32 Å². The van der Waals surface area contributed by atoms with Crippen LogP contribution in [0.1, 0.15) is 29.8 Å². The smallest absolute Gasteiger partial charge is 0.264 e. The Bertz CT molecular complexity index is 1380. The first-order valence-electron chi connectivity index (χ1n) is 11.1. The highest BCUT2D eigenvalue weighted by Crippen LogP contribution is 2.23. The van der Waals surface area contributed by atoms with Crippen molar-refractivity contribution in [2.75, 3.05) is 29.8 Å². The van der Waals surface area contributed by atoms with E-state index in [1.807, 2.05) is 6.92 Å². The molecule has 0 aliphatic carbocycles. The molecule has 1 amide bonds. The van der Waals surface area contributed by atoms with E-state index in [1.54, 1.807) is 50.2 Å². The number of aryl methyl sites for hydroxylation is 1. The summed E-state index contributed by atoms with van der Waals surface area (Å²) in [6, 6.07) is 18.7. The van der Waals surface area contributed by atoms with E-state index < -0.39 is 26.0 Å². The quantitative estimate of drug-likeness (QED) is 0.462. The van der Waals surface area contributed by atoms with Crippen molar-refractivity contribution >= 4 is 37.3 Å². The van der Waals surface area contributed by atoms with Crippen molar-refractivity contribution in [3.05, 3.63) is 83.9 Å². The third kappa shape index (κ3) is 5.72. The predicted molar refractivity (Wildman–Crippen MR) is 138 cm³/mol. The predicted octanol–water partition coefficient (Wildman–Crippen LogP) is 4.10. The molecule has 186 valence electrons. The van der Waals surface area contributed by atoms with E-state index in [1.165, 1.54) is 47.8 Å². The fourth-order valence-corrected chi connectivity index (χ4v) is 6.11. The number of sulfonamides is 2. The molecule has 3 aromatic rings. The van der Waals surface area contributed by atoms with Gasteiger partial charge < -0.3 is 5.32 Å². The standard InChI is InChI=1S/C25H29N3O5S2/c1-5-28(6-2)35(32,33)24-17-11-21(12-18-24)26-25(29)20-9-13-22(14-10-20)27(4)34(30,31)23-15-7-19(3)8-16-23/h7-18H,5-6H2,1-4H3,(H,26,29). The summed E-state index contributed by atoms with van der Waals surface area (Å²) in [7, 11) is -5.86. The van der Waals surface area contributed by atoms with Gasteiger partial charge in [-0.3, -0.25) is 9.10 Å². The van der Waals surface area contributed by atoms with Crippen molar-refractivity contribution in [1.82, 2.24) is 4.31 Å². The third-order valence-corrected chi connectivity index (χ3v) is 9.49. The molecule has 3 rings (SSSR count). The molecule has 8 nitrogen and oxygen atoms in total. The van der Waals surface area contributed by atoms with Crippen LogP contribution >= 0.6 is 0 Å². The maximum absolute atomic E-state index is 12.9. The first-order valence-corrected chi connectivity index (χ1v) is 14.0. The zero-order valence-corrected chi connectivity index (χ0v) is 21.7. The highest BCUT2D eigenvalue weighted by molar-refractivity contribution is 7.92. The summed E-state index contributed by atoms with van der Waals surface area (Å²) in [6.45, 7) is 6.17. The number of nitrogens with one attached hydrogen (secondary N) is 1. The second kappa shape index (κ2) is 10.6. The molecule has 35 heavy (non-hydrogen) atoms. The number of carbonyl (C=O) groups is 1. The largest absolute Gasteiger partial charge is 0.322 e. The molecule has 0 radical (unpaired) electrons. The normalized spacial score (nSPS) is 11.9. The van der Waals surface area contributed by atoms with E-state index in [-0.39, 0.29) is 9.79 Å². The number of anilines is 2. The van der Waals surface area contributed by atoms with Crippen LogP contribution in [0, 0.1) is 6.92 Å². The molecule has 0 bridgehead atoms. The van der Waals surface area contributed by atoms with Gasteiger partial charge in [-0.05, 0) is 67.6 Å². The van der Waals surface area contributed by atoms with Gasteiger partial charge in [0.15, 0.2) is 0 Å². The maximum atomic E-state index is 12.9. The van der Waals surface area contributed by atoms with E-state index in [9.17, 15) is 21.6 Å². The van der Waals surface area contributed by atoms with Gasteiger partial charge >= 0.3 is 0 Å². The lowest BCUT2D eigenvalue weighted by Crippen LogP contribution is -2.30. The lowest BCUT2D eigenvalue weighted by atomic mass is 10.2. The van der Waals surface area contributed by atoms with Crippen molar-refractivity contribution in [3.8, 4) is 0 Å². The Balaban J connectivity index is 1.72. The Morgan fingerprint density at radius 1 is 0.743 bits per heavy atom. The average molecular weight is 516 g/mol. The molecule has 0 saturated carbocycles. The van der Waals surface area contributed by atoms with E-state index >= 15 is 0 Å². The van der Waals surface area contributed by atoms with Crippen LogP contribution in [0.5, 0.6) is 0 Å². The van der Waals surface area contributed by atoms with Crippen LogP contribution in [0.25, 0.3) is 0 Å². The minimum absolute atomic E-state index is 0.154. The van der Waals surface area contributed by atoms with Crippen LogP contribution in [0.15, 0.2) is 82.6 Å². The van der Waals surface area contributed by atoms with Crippen LogP contribution in [-0.2, 0) is 20.0 Å². The minimum atomic E-state index is -3.74. The Labute approximate surface area is 207 Å². The topological polar surface area (TPSA) is 104 Å². The summed E-state index contributed by atoms with van der Waals surface area (Å²) in [5, 5.41) is 2.72. The van der Waals surface area contributed by atoms with Gasteiger partial charge in [0.25, 0.3) is 15.9 Å². The second-order valence-corrected chi connectivity index (χ2v) is 11.8. The molecule has 0 spiro atoms. The molecule has 0 heterocycles. The molecule has 0 saturated heterocycles. The van der Waals surface area contributed by atoms with Crippen LogP contribution in [-0.4, -0.2) is 47.2 Å². The van der Waals surface area contributed by atoms with Crippen molar-refractivity contribution in [2.24, 2.45) is 0 Å². The van der Waals surface area contributed by atoms with Gasteiger partial charge in [0.1, 0.15) is 0 Å². The summed E-state index contributed by atoms with van der Waals surface area (Å²) in [4.78, 5) is 13.0. The highest BCUT2D eigenvalue weighted by atomic mass is 32.2. The first-order chi connectivity index (χ1) is 16.5. The van der Waals surface area contributed by atoms with Crippen molar-refractivity contribution < 1.29 is 21.6 Å². The number of hydrogen-bond donors (Lipinski definition) is 1. The first kappa shape index (κ1) is 26.4. The Hall–Kier alpha value is -3.21. The van der Waals surface area contributed by atoms with Gasteiger partial charge in [0, 0.05) is 31.4 Å². The molecule has 1 N–H and O–H groups in total. The summed E-state index contributed by atoms with van der Waals surface area (Å²) in [5.74, 6) is -0.403.